The van der Waals surface area contributed by atoms with Crippen LogP contribution in [0.25, 0.3) is 33.3 Å². The van der Waals surface area contributed by atoms with Gasteiger partial charge in [-0.05, 0) is 12.1 Å². The first kappa shape index (κ1) is 16.6. The second-order valence-corrected chi connectivity index (χ2v) is 5.78. The zero-order valence-electron chi connectivity index (χ0n) is 13.6. The predicted octanol–water partition coefficient (Wildman–Crippen LogP) is 4.16. The summed E-state index contributed by atoms with van der Waals surface area (Å²) in [4.78, 5) is 10.6. The van der Waals surface area contributed by atoms with E-state index in [1.807, 2.05) is 6.07 Å². The maximum Gasteiger partial charge on any atom is 0.174 e. The number of nitrogens with one attached hydrogen (secondary N) is 1. The molecule has 0 spiro atoms. The summed E-state index contributed by atoms with van der Waals surface area (Å²) >= 11 is 0. The maximum atomic E-state index is 14.7. The Labute approximate surface area is 150 Å². The van der Waals surface area contributed by atoms with Gasteiger partial charge < -0.3 is 10.7 Å². The first-order chi connectivity index (χ1) is 13.0. The summed E-state index contributed by atoms with van der Waals surface area (Å²) < 4.78 is 42.4. The molecule has 0 bridgehead atoms. The average Bonchev–Trinajstić information content (AvgIpc) is 3.08. The fourth-order valence-electron chi connectivity index (χ4n) is 3.02. The van der Waals surface area contributed by atoms with Gasteiger partial charge in [-0.15, -0.1) is 0 Å². The molecule has 8 heteroatoms. The summed E-state index contributed by atoms with van der Waals surface area (Å²) in [6.07, 6.45) is 4.27. The largest absolute Gasteiger partial charge is 0.381 e. The fraction of sp³-hybridized carbons (Fsp3) is 0. The molecular formula is C19H10F3N5. The van der Waals surface area contributed by atoms with Gasteiger partial charge in [0.15, 0.2) is 11.6 Å². The summed E-state index contributed by atoms with van der Waals surface area (Å²) in [6.45, 7) is 0. The van der Waals surface area contributed by atoms with E-state index in [0.29, 0.717) is 5.56 Å². The lowest BCUT2D eigenvalue weighted by atomic mass is 9.96. The van der Waals surface area contributed by atoms with Gasteiger partial charge >= 0.3 is 0 Å². The zero-order chi connectivity index (χ0) is 19.1. The molecule has 4 rings (SSSR count). The molecule has 0 radical (unpaired) electrons. The van der Waals surface area contributed by atoms with Crippen LogP contribution in [-0.2, 0) is 0 Å². The molecule has 0 aliphatic rings. The topological polar surface area (TPSA) is 91.4 Å². The zero-order valence-corrected chi connectivity index (χ0v) is 13.6. The quantitative estimate of drug-likeness (QED) is 0.558. The number of fused-ring (bicyclic) bond motifs is 1. The Hall–Kier alpha value is -3.86. The molecule has 4 aromatic rings. The lowest BCUT2D eigenvalue weighted by Crippen LogP contribution is -2.04. The van der Waals surface area contributed by atoms with E-state index < -0.39 is 23.3 Å². The Balaban J connectivity index is 2.09. The minimum absolute atomic E-state index is 0.0199. The number of hydrogen-bond acceptors (Lipinski definition) is 4. The van der Waals surface area contributed by atoms with Crippen molar-refractivity contribution in [1.29, 1.82) is 5.26 Å². The summed E-state index contributed by atoms with van der Waals surface area (Å²) in [7, 11) is 0. The number of nitriles is 1. The van der Waals surface area contributed by atoms with Crippen molar-refractivity contribution < 1.29 is 13.2 Å². The highest BCUT2D eigenvalue weighted by atomic mass is 19.1. The Morgan fingerprint density at radius 1 is 1.19 bits per heavy atom. The van der Waals surface area contributed by atoms with E-state index in [2.05, 4.69) is 15.0 Å². The number of anilines is 1. The van der Waals surface area contributed by atoms with Crippen LogP contribution in [-0.4, -0.2) is 15.0 Å². The van der Waals surface area contributed by atoms with Crippen LogP contribution in [0.4, 0.5) is 19.0 Å². The monoisotopic (exact) mass is 365 g/mol. The van der Waals surface area contributed by atoms with Crippen molar-refractivity contribution in [2.45, 2.75) is 0 Å². The molecule has 0 aliphatic heterocycles. The number of aromatic nitrogens is 3. The van der Waals surface area contributed by atoms with Crippen molar-refractivity contribution >= 4 is 16.7 Å². The smallest absolute Gasteiger partial charge is 0.174 e. The van der Waals surface area contributed by atoms with E-state index in [9.17, 15) is 18.4 Å². The van der Waals surface area contributed by atoms with Crippen LogP contribution in [0.5, 0.6) is 0 Å². The SMILES string of the molecule is N#Cc1c(-c2c[nH]c3c(F)cc(F)cc23)nc(N)c(F)c1-c1cccnc1. The second kappa shape index (κ2) is 6.14. The van der Waals surface area contributed by atoms with E-state index in [4.69, 9.17) is 5.73 Å². The van der Waals surface area contributed by atoms with Crippen LogP contribution >= 0.6 is 0 Å². The van der Waals surface area contributed by atoms with E-state index >= 15 is 0 Å². The number of nitrogens with zero attached hydrogens (tertiary/aromatic N) is 3. The molecule has 0 aliphatic carbocycles. The van der Waals surface area contributed by atoms with Gasteiger partial charge in [-0.25, -0.2) is 18.2 Å². The number of rotatable bonds is 2. The second-order valence-electron chi connectivity index (χ2n) is 5.78. The Bertz CT molecular complexity index is 1230. The Morgan fingerprint density at radius 2 is 2.00 bits per heavy atom. The summed E-state index contributed by atoms with van der Waals surface area (Å²) in [5.41, 5.74) is 6.17. The lowest BCUT2D eigenvalue weighted by molar-refractivity contribution is 0.591. The van der Waals surface area contributed by atoms with Crippen molar-refractivity contribution in [3.8, 4) is 28.5 Å². The average molecular weight is 365 g/mol. The van der Waals surface area contributed by atoms with E-state index in [1.54, 1.807) is 12.1 Å². The number of nitrogen functional groups attached to an aromatic ring is 1. The highest BCUT2D eigenvalue weighted by Gasteiger charge is 2.23. The van der Waals surface area contributed by atoms with Gasteiger partial charge in [-0.3, -0.25) is 4.98 Å². The van der Waals surface area contributed by atoms with E-state index in [0.717, 1.165) is 12.1 Å². The first-order valence-electron chi connectivity index (χ1n) is 7.77. The van der Waals surface area contributed by atoms with Gasteiger partial charge in [0, 0.05) is 46.7 Å². The van der Waals surface area contributed by atoms with Crippen LogP contribution in [0.2, 0.25) is 0 Å². The molecule has 0 saturated heterocycles. The van der Waals surface area contributed by atoms with Crippen molar-refractivity contribution in [2.75, 3.05) is 5.73 Å². The molecule has 3 aromatic heterocycles. The number of benzene rings is 1. The number of nitrogens with two attached hydrogens (primary N) is 1. The number of pyridine rings is 2. The van der Waals surface area contributed by atoms with Crippen molar-refractivity contribution in [1.82, 2.24) is 15.0 Å². The molecule has 5 nitrogen and oxygen atoms in total. The van der Waals surface area contributed by atoms with Gasteiger partial charge in [0.2, 0.25) is 0 Å². The highest BCUT2D eigenvalue weighted by molar-refractivity contribution is 5.98. The van der Waals surface area contributed by atoms with Gasteiger partial charge in [0.1, 0.15) is 17.7 Å². The van der Waals surface area contributed by atoms with Gasteiger partial charge in [-0.2, -0.15) is 5.26 Å². The minimum Gasteiger partial charge on any atom is -0.381 e. The van der Waals surface area contributed by atoms with Crippen LogP contribution in [0.1, 0.15) is 5.56 Å². The van der Waals surface area contributed by atoms with Gasteiger partial charge in [-0.1, -0.05) is 6.07 Å². The van der Waals surface area contributed by atoms with Gasteiger partial charge in [0.25, 0.3) is 0 Å². The minimum atomic E-state index is -0.861. The molecular weight excluding hydrogens is 355 g/mol. The molecule has 3 N–H and O–H groups in total. The molecule has 3 heterocycles. The molecule has 0 fully saturated rings. The number of aromatic amines is 1. The normalized spacial score (nSPS) is 10.9. The Kier molecular flexibility index (Phi) is 3.78. The van der Waals surface area contributed by atoms with E-state index in [1.165, 1.54) is 18.6 Å². The Morgan fingerprint density at radius 3 is 2.70 bits per heavy atom. The summed E-state index contributed by atoms with van der Waals surface area (Å²) in [6, 6.07) is 6.93. The van der Waals surface area contributed by atoms with Crippen LogP contribution in [0.3, 0.4) is 0 Å². The molecule has 132 valence electrons. The van der Waals surface area contributed by atoms with Crippen molar-refractivity contribution in [3.05, 3.63) is 65.9 Å². The molecule has 27 heavy (non-hydrogen) atoms. The summed E-state index contributed by atoms with van der Waals surface area (Å²) in [5, 5.41) is 9.85. The fourth-order valence-corrected chi connectivity index (χ4v) is 3.02. The standard InChI is InChI=1S/C19H10F3N5/c20-10-4-11-13(8-26-18(11)14(21)5-10)17-12(6-23)15(16(22)19(24)27-17)9-2-1-3-25-7-9/h1-5,7-8,26H,(H2,24,27). The summed E-state index contributed by atoms with van der Waals surface area (Å²) in [5.74, 6) is -2.88. The third kappa shape index (κ3) is 2.57. The van der Waals surface area contributed by atoms with E-state index in [-0.39, 0.29) is 33.3 Å². The molecule has 0 saturated carbocycles. The molecule has 0 unspecified atom stereocenters. The molecule has 0 amide bonds. The van der Waals surface area contributed by atoms with Crippen molar-refractivity contribution in [3.63, 3.8) is 0 Å². The first-order valence-corrected chi connectivity index (χ1v) is 7.77. The van der Waals surface area contributed by atoms with Gasteiger partial charge in [0.05, 0.1) is 16.8 Å². The number of H-pyrrole nitrogens is 1. The van der Waals surface area contributed by atoms with Crippen molar-refractivity contribution in [2.24, 2.45) is 0 Å². The van der Waals surface area contributed by atoms with Crippen LogP contribution in [0.15, 0.2) is 42.9 Å². The number of halogens is 3. The van der Waals surface area contributed by atoms with Crippen LogP contribution < -0.4 is 5.73 Å². The maximum absolute atomic E-state index is 14.7. The third-order valence-corrected chi connectivity index (χ3v) is 4.19. The number of hydrogen-bond donors (Lipinski definition) is 2. The van der Waals surface area contributed by atoms with Crippen LogP contribution in [0, 0.1) is 28.8 Å². The lowest BCUT2D eigenvalue weighted by Gasteiger charge is -2.12. The third-order valence-electron chi connectivity index (χ3n) is 4.19. The highest BCUT2D eigenvalue weighted by Crippen LogP contribution is 2.38. The molecule has 0 atom stereocenters. The predicted molar refractivity (Wildman–Crippen MR) is 93.8 cm³/mol. The molecule has 1 aromatic carbocycles.